The molecule has 0 bridgehead atoms. The second-order valence-corrected chi connectivity index (χ2v) is 7.76. The fourth-order valence-electron chi connectivity index (χ4n) is 2.87. The van der Waals surface area contributed by atoms with Gasteiger partial charge < -0.3 is 19.7 Å². The van der Waals surface area contributed by atoms with Crippen molar-refractivity contribution in [1.29, 1.82) is 0 Å². The summed E-state index contributed by atoms with van der Waals surface area (Å²) in [5.74, 6) is -0.485. The van der Waals surface area contributed by atoms with Gasteiger partial charge in [0.2, 0.25) is 5.91 Å². The molecular weight excluding hydrogens is 392 g/mol. The minimum absolute atomic E-state index is 0.103. The van der Waals surface area contributed by atoms with E-state index >= 15 is 0 Å². The summed E-state index contributed by atoms with van der Waals surface area (Å²) in [6, 6.07) is 14.8. The lowest BCUT2D eigenvalue weighted by Gasteiger charge is -2.23. The SMILES string of the molecule is COc1ccccc1CN(C)C(=O)COC(=O)C[C@H]1Sc2ccccc2NC1=O. The van der Waals surface area contributed by atoms with E-state index in [1.807, 2.05) is 48.5 Å². The molecule has 0 saturated carbocycles. The Hall–Kier alpha value is -3.00. The van der Waals surface area contributed by atoms with Gasteiger partial charge in [-0.25, -0.2) is 0 Å². The Balaban J connectivity index is 1.49. The molecule has 0 saturated heterocycles. The van der Waals surface area contributed by atoms with E-state index in [2.05, 4.69) is 5.32 Å². The Morgan fingerprint density at radius 2 is 1.86 bits per heavy atom. The number of rotatable bonds is 7. The van der Waals surface area contributed by atoms with E-state index in [4.69, 9.17) is 9.47 Å². The molecule has 1 heterocycles. The predicted octanol–water partition coefficient (Wildman–Crippen LogP) is 2.70. The third-order valence-corrected chi connectivity index (χ3v) is 5.72. The molecule has 0 fully saturated rings. The zero-order valence-corrected chi connectivity index (χ0v) is 17.0. The summed E-state index contributed by atoms with van der Waals surface area (Å²) >= 11 is 1.32. The Bertz CT molecular complexity index is 917. The van der Waals surface area contributed by atoms with Gasteiger partial charge in [0.1, 0.15) is 5.75 Å². The molecule has 0 radical (unpaired) electrons. The van der Waals surface area contributed by atoms with Crippen molar-refractivity contribution < 1.29 is 23.9 Å². The molecule has 29 heavy (non-hydrogen) atoms. The highest BCUT2D eigenvalue weighted by atomic mass is 32.2. The van der Waals surface area contributed by atoms with E-state index in [1.165, 1.54) is 16.7 Å². The number of hydrogen-bond acceptors (Lipinski definition) is 6. The number of fused-ring (bicyclic) bond motifs is 1. The zero-order valence-electron chi connectivity index (χ0n) is 16.2. The third kappa shape index (κ3) is 5.29. The molecule has 152 valence electrons. The fourth-order valence-corrected chi connectivity index (χ4v) is 3.96. The molecule has 2 aromatic carbocycles. The van der Waals surface area contributed by atoms with Gasteiger partial charge in [-0.3, -0.25) is 14.4 Å². The molecule has 3 rings (SSSR count). The highest BCUT2D eigenvalue weighted by Crippen LogP contribution is 2.36. The number of carbonyl (C=O) groups is 3. The molecule has 1 aliphatic rings. The predicted molar refractivity (Wildman–Crippen MR) is 110 cm³/mol. The van der Waals surface area contributed by atoms with E-state index in [1.54, 1.807) is 14.2 Å². The van der Waals surface area contributed by atoms with Gasteiger partial charge in [-0.15, -0.1) is 11.8 Å². The van der Waals surface area contributed by atoms with Gasteiger partial charge in [0.15, 0.2) is 6.61 Å². The maximum absolute atomic E-state index is 12.3. The smallest absolute Gasteiger partial charge is 0.307 e. The van der Waals surface area contributed by atoms with Crippen molar-refractivity contribution in [3.63, 3.8) is 0 Å². The first kappa shape index (κ1) is 20.7. The normalized spacial score (nSPS) is 15.1. The molecular formula is C21H22N2O5S. The summed E-state index contributed by atoms with van der Waals surface area (Å²) in [6.07, 6.45) is -0.103. The summed E-state index contributed by atoms with van der Waals surface area (Å²) in [5.41, 5.74) is 1.59. The number of ether oxygens (including phenoxy) is 2. The maximum atomic E-state index is 12.3. The summed E-state index contributed by atoms with van der Waals surface area (Å²) < 4.78 is 10.4. The van der Waals surface area contributed by atoms with E-state index < -0.39 is 11.2 Å². The van der Waals surface area contributed by atoms with Crippen LogP contribution in [0.25, 0.3) is 0 Å². The van der Waals surface area contributed by atoms with Crippen LogP contribution in [0.1, 0.15) is 12.0 Å². The average Bonchev–Trinajstić information content (AvgIpc) is 2.72. The minimum Gasteiger partial charge on any atom is -0.496 e. The molecule has 1 aliphatic heterocycles. The van der Waals surface area contributed by atoms with Crippen molar-refractivity contribution in [3.05, 3.63) is 54.1 Å². The fraction of sp³-hybridized carbons (Fsp3) is 0.286. The van der Waals surface area contributed by atoms with Crippen molar-refractivity contribution in [2.75, 3.05) is 26.1 Å². The number of para-hydroxylation sites is 2. The number of likely N-dealkylation sites (N-methyl/N-ethyl adjacent to an activating group) is 1. The van der Waals surface area contributed by atoms with E-state index in [0.29, 0.717) is 12.3 Å². The number of esters is 1. The number of nitrogens with one attached hydrogen (secondary N) is 1. The lowest BCUT2D eigenvalue weighted by molar-refractivity contribution is -0.152. The number of nitrogens with zero attached hydrogens (tertiary/aromatic N) is 1. The van der Waals surface area contributed by atoms with Crippen LogP contribution >= 0.6 is 11.8 Å². The number of amides is 2. The van der Waals surface area contributed by atoms with Crippen LogP contribution in [-0.4, -0.2) is 48.7 Å². The van der Waals surface area contributed by atoms with Crippen LogP contribution in [0, 0.1) is 0 Å². The number of hydrogen-bond donors (Lipinski definition) is 1. The monoisotopic (exact) mass is 414 g/mol. The van der Waals surface area contributed by atoms with Crippen molar-refractivity contribution in [3.8, 4) is 5.75 Å². The number of thioether (sulfide) groups is 1. The molecule has 0 aliphatic carbocycles. The Morgan fingerprint density at radius 1 is 1.14 bits per heavy atom. The topological polar surface area (TPSA) is 84.9 Å². The molecule has 0 spiro atoms. The second-order valence-electron chi connectivity index (χ2n) is 6.52. The van der Waals surface area contributed by atoms with E-state index in [0.717, 1.165) is 16.1 Å². The summed E-state index contributed by atoms with van der Waals surface area (Å²) in [7, 11) is 3.20. The standard InChI is InChI=1S/C21H22N2O5S/c1-23(12-14-7-3-5-9-16(14)27-2)19(24)13-28-20(25)11-18-21(26)22-15-8-4-6-10-17(15)29-18/h3-10,18H,11-13H2,1-2H3,(H,22,26)/t18-/m1/s1. The van der Waals surface area contributed by atoms with Gasteiger partial charge in [0, 0.05) is 24.1 Å². The molecule has 0 aromatic heterocycles. The number of anilines is 1. The maximum Gasteiger partial charge on any atom is 0.307 e. The first-order chi connectivity index (χ1) is 14.0. The van der Waals surface area contributed by atoms with Gasteiger partial charge >= 0.3 is 5.97 Å². The van der Waals surface area contributed by atoms with E-state index in [-0.39, 0.29) is 24.8 Å². The van der Waals surface area contributed by atoms with Crippen LogP contribution in [0.4, 0.5) is 5.69 Å². The van der Waals surface area contributed by atoms with E-state index in [9.17, 15) is 14.4 Å². The molecule has 1 N–H and O–H groups in total. The summed E-state index contributed by atoms with van der Waals surface area (Å²) in [5, 5.41) is 2.20. The van der Waals surface area contributed by atoms with Crippen molar-refractivity contribution in [1.82, 2.24) is 4.90 Å². The van der Waals surface area contributed by atoms with Crippen molar-refractivity contribution >= 4 is 35.2 Å². The van der Waals surface area contributed by atoms with Gasteiger partial charge in [-0.2, -0.15) is 0 Å². The molecule has 2 aromatic rings. The molecule has 7 nitrogen and oxygen atoms in total. The first-order valence-corrected chi connectivity index (χ1v) is 9.94. The Kier molecular flexibility index (Phi) is 6.77. The molecule has 1 atom stereocenters. The van der Waals surface area contributed by atoms with Crippen LogP contribution in [0.3, 0.4) is 0 Å². The number of methoxy groups -OCH3 is 1. The molecule has 2 amide bonds. The highest BCUT2D eigenvalue weighted by molar-refractivity contribution is 8.01. The van der Waals surface area contributed by atoms with Crippen LogP contribution in [0.15, 0.2) is 53.4 Å². The minimum atomic E-state index is -0.587. The Morgan fingerprint density at radius 3 is 2.66 bits per heavy atom. The highest BCUT2D eigenvalue weighted by Gasteiger charge is 2.29. The number of carbonyl (C=O) groups excluding carboxylic acids is 3. The van der Waals surface area contributed by atoms with Crippen LogP contribution in [0.2, 0.25) is 0 Å². The van der Waals surface area contributed by atoms with Crippen molar-refractivity contribution in [2.45, 2.75) is 23.1 Å². The van der Waals surface area contributed by atoms with Crippen LogP contribution in [0.5, 0.6) is 5.75 Å². The van der Waals surface area contributed by atoms with Gasteiger partial charge in [-0.05, 0) is 18.2 Å². The lowest BCUT2D eigenvalue weighted by Crippen LogP contribution is -2.33. The van der Waals surface area contributed by atoms with Gasteiger partial charge in [-0.1, -0.05) is 30.3 Å². The lowest BCUT2D eigenvalue weighted by atomic mass is 10.2. The van der Waals surface area contributed by atoms with Crippen molar-refractivity contribution in [2.24, 2.45) is 0 Å². The molecule has 0 unspecified atom stereocenters. The van der Waals surface area contributed by atoms with Crippen LogP contribution in [-0.2, 0) is 25.7 Å². The second kappa shape index (κ2) is 9.47. The average molecular weight is 414 g/mol. The largest absolute Gasteiger partial charge is 0.496 e. The van der Waals surface area contributed by atoms with Gasteiger partial charge in [0.05, 0.1) is 24.5 Å². The van der Waals surface area contributed by atoms with Gasteiger partial charge in [0.25, 0.3) is 5.91 Å². The molecule has 8 heteroatoms. The third-order valence-electron chi connectivity index (χ3n) is 4.44. The summed E-state index contributed by atoms with van der Waals surface area (Å²) in [6.45, 7) is -0.0435. The zero-order chi connectivity index (χ0) is 20.8. The number of benzene rings is 2. The summed E-state index contributed by atoms with van der Waals surface area (Å²) in [4.78, 5) is 39.0. The quantitative estimate of drug-likeness (QED) is 0.702. The first-order valence-electron chi connectivity index (χ1n) is 9.06. The van der Waals surface area contributed by atoms with Crippen LogP contribution < -0.4 is 10.1 Å². The Labute approximate surface area is 173 Å².